The number of nitrogen functional groups attached to an aromatic ring is 1. The summed E-state index contributed by atoms with van der Waals surface area (Å²) in [6, 6.07) is 1.07. The van der Waals surface area contributed by atoms with Gasteiger partial charge in [-0.1, -0.05) is 32.6 Å². The SMILES string of the molecule is CCCCOc1nc(N)c2c(n1)N(CCN1CCN(C3CCCCC3)CC1)C(=O)C2. The molecule has 0 aromatic carbocycles. The second-order valence-electron chi connectivity index (χ2n) is 8.79. The van der Waals surface area contributed by atoms with E-state index >= 15 is 0 Å². The van der Waals surface area contributed by atoms with Crippen LogP contribution in [0, 0.1) is 0 Å². The molecule has 2 N–H and O–H groups in total. The molecule has 2 fully saturated rings. The second kappa shape index (κ2) is 9.92. The van der Waals surface area contributed by atoms with Crippen LogP contribution >= 0.6 is 0 Å². The van der Waals surface area contributed by atoms with E-state index in [2.05, 4.69) is 26.7 Å². The zero-order chi connectivity index (χ0) is 20.9. The fourth-order valence-electron chi connectivity index (χ4n) is 4.87. The predicted octanol–water partition coefficient (Wildman–Crippen LogP) is 2.08. The minimum Gasteiger partial charge on any atom is -0.463 e. The van der Waals surface area contributed by atoms with Crippen molar-refractivity contribution in [1.29, 1.82) is 0 Å². The molecule has 1 aliphatic carbocycles. The number of nitrogens with zero attached hydrogens (tertiary/aromatic N) is 5. The van der Waals surface area contributed by atoms with Crippen LogP contribution in [-0.2, 0) is 11.2 Å². The molecular formula is C22H36N6O2. The molecule has 0 bridgehead atoms. The molecule has 30 heavy (non-hydrogen) atoms. The van der Waals surface area contributed by atoms with Gasteiger partial charge in [-0.25, -0.2) is 0 Å². The Kier molecular flexibility index (Phi) is 7.04. The summed E-state index contributed by atoms with van der Waals surface area (Å²) in [5.74, 6) is 1.06. The highest BCUT2D eigenvalue weighted by Crippen LogP contribution is 2.32. The van der Waals surface area contributed by atoms with Crippen LogP contribution in [0.1, 0.15) is 57.4 Å². The van der Waals surface area contributed by atoms with Crippen molar-refractivity contribution < 1.29 is 9.53 Å². The molecule has 8 heteroatoms. The Bertz CT molecular complexity index is 729. The number of unbranched alkanes of at least 4 members (excludes halogenated alkanes) is 1. The average Bonchev–Trinajstić information content (AvgIpc) is 3.09. The molecule has 3 aliphatic rings. The summed E-state index contributed by atoms with van der Waals surface area (Å²) in [7, 11) is 0. The number of hydrogen-bond donors (Lipinski definition) is 1. The lowest BCUT2D eigenvalue weighted by molar-refractivity contribution is -0.117. The number of piperazine rings is 1. The topological polar surface area (TPSA) is 87.8 Å². The van der Waals surface area contributed by atoms with Crippen molar-refractivity contribution >= 4 is 17.5 Å². The van der Waals surface area contributed by atoms with E-state index < -0.39 is 0 Å². The summed E-state index contributed by atoms with van der Waals surface area (Å²) in [5, 5.41) is 0. The minimum absolute atomic E-state index is 0.0533. The van der Waals surface area contributed by atoms with Crippen molar-refractivity contribution in [2.24, 2.45) is 0 Å². The maximum Gasteiger partial charge on any atom is 0.320 e. The van der Waals surface area contributed by atoms with E-state index in [9.17, 15) is 4.79 Å². The third-order valence-corrected chi connectivity index (χ3v) is 6.75. The molecule has 0 atom stereocenters. The zero-order valence-corrected chi connectivity index (χ0v) is 18.3. The first-order valence-electron chi connectivity index (χ1n) is 11.7. The zero-order valence-electron chi connectivity index (χ0n) is 18.3. The van der Waals surface area contributed by atoms with Gasteiger partial charge in [-0.05, 0) is 19.3 Å². The number of nitrogens with two attached hydrogens (primary N) is 1. The number of aromatic nitrogens is 2. The highest BCUT2D eigenvalue weighted by molar-refractivity contribution is 6.01. The van der Waals surface area contributed by atoms with Crippen LogP contribution < -0.4 is 15.4 Å². The van der Waals surface area contributed by atoms with Crippen LogP contribution in [0.3, 0.4) is 0 Å². The largest absolute Gasteiger partial charge is 0.463 e. The van der Waals surface area contributed by atoms with Crippen LogP contribution in [0.2, 0.25) is 0 Å². The van der Waals surface area contributed by atoms with Crippen molar-refractivity contribution in [2.45, 2.75) is 64.3 Å². The highest BCUT2D eigenvalue weighted by Gasteiger charge is 2.33. The van der Waals surface area contributed by atoms with Gasteiger partial charge in [-0.3, -0.25) is 19.5 Å². The molecule has 3 heterocycles. The number of amides is 1. The van der Waals surface area contributed by atoms with E-state index in [1.807, 2.05) is 0 Å². The van der Waals surface area contributed by atoms with Gasteiger partial charge in [0.15, 0.2) is 0 Å². The van der Waals surface area contributed by atoms with Crippen molar-refractivity contribution in [3.8, 4) is 6.01 Å². The Balaban J connectivity index is 1.32. The first-order chi connectivity index (χ1) is 14.7. The summed E-state index contributed by atoms with van der Waals surface area (Å²) < 4.78 is 5.64. The van der Waals surface area contributed by atoms with Gasteiger partial charge >= 0.3 is 6.01 Å². The summed E-state index contributed by atoms with van der Waals surface area (Å²) in [6.07, 6.45) is 9.17. The first kappa shape index (κ1) is 21.3. The van der Waals surface area contributed by atoms with E-state index in [1.165, 1.54) is 32.1 Å². The van der Waals surface area contributed by atoms with Gasteiger partial charge in [0.1, 0.15) is 11.6 Å². The lowest BCUT2D eigenvalue weighted by atomic mass is 9.94. The smallest absolute Gasteiger partial charge is 0.320 e. The number of carbonyl (C=O) groups is 1. The van der Waals surface area contributed by atoms with Crippen molar-refractivity contribution in [1.82, 2.24) is 19.8 Å². The maximum atomic E-state index is 12.6. The van der Waals surface area contributed by atoms with Gasteiger partial charge in [-0.2, -0.15) is 9.97 Å². The van der Waals surface area contributed by atoms with Crippen molar-refractivity contribution in [2.75, 3.05) is 56.5 Å². The van der Waals surface area contributed by atoms with E-state index in [0.29, 0.717) is 24.8 Å². The van der Waals surface area contributed by atoms with Gasteiger partial charge in [0.2, 0.25) is 5.91 Å². The summed E-state index contributed by atoms with van der Waals surface area (Å²) >= 11 is 0. The predicted molar refractivity (Wildman–Crippen MR) is 118 cm³/mol. The van der Waals surface area contributed by atoms with E-state index in [4.69, 9.17) is 10.5 Å². The van der Waals surface area contributed by atoms with Crippen molar-refractivity contribution in [3.05, 3.63) is 5.56 Å². The Morgan fingerprint density at radius 3 is 2.57 bits per heavy atom. The molecule has 0 radical (unpaired) electrons. The number of hydrogen-bond acceptors (Lipinski definition) is 7. The van der Waals surface area contributed by atoms with Crippen LogP contribution in [0.25, 0.3) is 0 Å². The summed E-state index contributed by atoms with van der Waals surface area (Å²) in [4.78, 5) is 28.3. The quantitative estimate of drug-likeness (QED) is 0.649. The molecule has 1 saturated carbocycles. The molecule has 1 aromatic heterocycles. The normalized spacial score (nSPS) is 21.2. The van der Waals surface area contributed by atoms with Crippen LogP contribution in [0.15, 0.2) is 0 Å². The molecule has 0 spiro atoms. The molecular weight excluding hydrogens is 380 g/mol. The summed E-state index contributed by atoms with van der Waals surface area (Å²) in [5.41, 5.74) is 6.84. The minimum atomic E-state index is 0.0533. The molecule has 0 unspecified atom stereocenters. The Labute approximate surface area is 179 Å². The monoisotopic (exact) mass is 416 g/mol. The molecule has 1 saturated heterocycles. The van der Waals surface area contributed by atoms with Gasteiger partial charge < -0.3 is 10.5 Å². The fraction of sp³-hybridized carbons (Fsp3) is 0.773. The third kappa shape index (κ3) is 4.86. The van der Waals surface area contributed by atoms with E-state index in [0.717, 1.165) is 57.2 Å². The first-order valence-corrected chi connectivity index (χ1v) is 11.7. The molecule has 166 valence electrons. The Morgan fingerprint density at radius 1 is 1.07 bits per heavy atom. The number of rotatable bonds is 8. The molecule has 1 aromatic rings. The summed E-state index contributed by atoms with van der Waals surface area (Å²) in [6.45, 7) is 8.59. The fourth-order valence-corrected chi connectivity index (χ4v) is 4.87. The Hall–Kier alpha value is -1.93. The van der Waals surface area contributed by atoms with Crippen LogP contribution in [0.5, 0.6) is 6.01 Å². The molecule has 4 rings (SSSR count). The lowest BCUT2D eigenvalue weighted by Crippen LogP contribution is -2.52. The number of carbonyl (C=O) groups excluding carboxylic acids is 1. The van der Waals surface area contributed by atoms with Crippen LogP contribution in [-0.4, -0.2) is 77.6 Å². The van der Waals surface area contributed by atoms with Gasteiger partial charge in [0.05, 0.1) is 13.0 Å². The third-order valence-electron chi connectivity index (χ3n) is 6.75. The average molecular weight is 417 g/mol. The lowest BCUT2D eigenvalue weighted by Gasteiger charge is -2.41. The van der Waals surface area contributed by atoms with Crippen LogP contribution in [0.4, 0.5) is 11.6 Å². The molecule has 1 amide bonds. The van der Waals surface area contributed by atoms with E-state index in [-0.39, 0.29) is 18.3 Å². The number of fused-ring (bicyclic) bond motifs is 1. The maximum absolute atomic E-state index is 12.6. The second-order valence-corrected chi connectivity index (χ2v) is 8.79. The molecule has 8 nitrogen and oxygen atoms in total. The van der Waals surface area contributed by atoms with Gasteiger partial charge in [0, 0.05) is 50.9 Å². The number of ether oxygens (including phenoxy) is 1. The van der Waals surface area contributed by atoms with Gasteiger partial charge in [0.25, 0.3) is 0 Å². The molecule has 2 aliphatic heterocycles. The number of anilines is 2. The highest BCUT2D eigenvalue weighted by atomic mass is 16.5. The van der Waals surface area contributed by atoms with Gasteiger partial charge in [-0.15, -0.1) is 0 Å². The standard InChI is InChI=1S/C22H36N6O2/c1-2-3-15-30-22-24-20(23)18-16-19(29)28(21(18)25-22)14-11-26-9-12-27(13-10-26)17-7-5-4-6-8-17/h17H,2-16H2,1H3,(H2,23,24,25). The van der Waals surface area contributed by atoms with Crippen molar-refractivity contribution in [3.63, 3.8) is 0 Å². The van der Waals surface area contributed by atoms with E-state index in [1.54, 1.807) is 4.90 Å². The Morgan fingerprint density at radius 2 is 1.83 bits per heavy atom.